The van der Waals surface area contributed by atoms with Crippen LogP contribution in [0.25, 0.3) is 0 Å². The number of aromatic hydroxyl groups is 1. The van der Waals surface area contributed by atoms with Crippen LogP contribution in [0, 0.1) is 0 Å². The molecule has 0 aromatic heterocycles. The summed E-state index contributed by atoms with van der Waals surface area (Å²) >= 11 is 0. The second kappa shape index (κ2) is 7.52. The molecule has 0 aliphatic rings. The topological polar surface area (TPSA) is 102 Å². The van der Waals surface area contributed by atoms with E-state index in [9.17, 15) is 14.7 Å². The van der Waals surface area contributed by atoms with Crippen molar-refractivity contribution in [3.8, 4) is 5.75 Å². The van der Waals surface area contributed by atoms with Crippen molar-refractivity contribution in [2.24, 2.45) is 5.73 Å². The number of hydrogen-bond acceptors (Lipinski definition) is 5. The average Bonchev–Trinajstić information content (AvgIpc) is 2.31. The van der Waals surface area contributed by atoms with Gasteiger partial charge in [0.2, 0.25) is 0 Å². The van der Waals surface area contributed by atoms with Crippen LogP contribution in [0.5, 0.6) is 5.75 Å². The van der Waals surface area contributed by atoms with E-state index >= 15 is 0 Å². The Balaban J connectivity index is 0.00000289. The van der Waals surface area contributed by atoms with Gasteiger partial charge >= 0.3 is 12.1 Å². The van der Waals surface area contributed by atoms with Crippen molar-refractivity contribution in [3.05, 3.63) is 29.8 Å². The van der Waals surface area contributed by atoms with Crippen LogP contribution < -0.4 is 11.1 Å². The first-order chi connectivity index (χ1) is 8.04. The minimum absolute atomic E-state index is 0. The Morgan fingerprint density at radius 2 is 2.06 bits per heavy atom. The summed E-state index contributed by atoms with van der Waals surface area (Å²) in [5, 5.41) is 11.6. The lowest BCUT2D eigenvalue weighted by Gasteiger charge is -2.10. The van der Waals surface area contributed by atoms with Gasteiger partial charge in [-0.05, 0) is 11.6 Å². The number of nitrogens with two attached hydrogens (primary N) is 1. The zero-order chi connectivity index (χ0) is 12.8. The standard InChI is InChI=1S/C11H14N2O4.ClH/c1-13-11(16)17-10(15)8(12)6-7-4-2-3-5-9(7)14;/h2-5,8,14H,6,12H2,1H3,(H,13,16);1H. The van der Waals surface area contributed by atoms with E-state index in [2.05, 4.69) is 10.1 Å². The molecule has 7 heteroatoms. The Labute approximate surface area is 111 Å². The van der Waals surface area contributed by atoms with Crippen LogP contribution in [-0.4, -0.2) is 30.3 Å². The summed E-state index contributed by atoms with van der Waals surface area (Å²) in [6.07, 6.45) is -0.759. The van der Waals surface area contributed by atoms with Crippen LogP contribution in [0.3, 0.4) is 0 Å². The molecule has 4 N–H and O–H groups in total. The minimum Gasteiger partial charge on any atom is -0.508 e. The molecule has 1 aromatic rings. The third-order valence-corrected chi connectivity index (χ3v) is 2.13. The van der Waals surface area contributed by atoms with Gasteiger partial charge in [-0.2, -0.15) is 0 Å². The van der Waals surface area contributed by atoms with Gasteiger partial charge in [0.05, 0.1) is 0 Å². The first-order valence-electron chi connectivity index (χ1n) is 5.00. The third kappa shape index (κ3) is 4.60. The molecule has 6 nitrogen and oxygen atoms in total. The number of alkyl carbamates (subject to hydrolysis) is 1. The number of carbonyl (C=O) groups excluding carboxylic acids is 2. The van der Waals surface area contributed by atoms with E-state index in [1.54, 1.807) is 18.2 Å². The number of hydrogen-bond donors (Lipinski definition) is 3. The number of nitrogens with one attached hydrogen (secondary N) is 1. The fourth-order valence-electron chi connectivity index (χ4n) is 1.22. The van der Waals surface area contributed by atoms with Gasteiger partial charge in [0.15, 0.2) is 0 Å². The number of esters is 1. The molecule has 0 spiro atoms. The number of benzene rings is 1. The highest BCUT2D eigenvalue weighted by Crippen LogP contribution is 2.17. The molecule has 1 amide bonds. The second-order valence-corrected chi connectivity index (χ2v) is 3.40. The predicted molar refractivity (Wildman–Crippen MR) is 67.6 cm³/mol. The van der Waals surface area contributed by atoms with Crippen molar-refractivity contribution in [1.82, 2.24) is 5.32 Å². The first-order valence-corrected chi connectivity index (χ1v) is 5.00. The van der Waals surface area contributed by atoms with Gasteiger partial charge in [-0.25, -0.2) is 9.59 Å². The molecule has 0 fully saturated rings. The van der Waals surface area contributed by atoms with E-state index in [1.807, 2.05) is 0 Å². The molecule has 0 heterocycles. The van der Waals surface area contributed by atoms with Gasteiger partial charge in [-0.1, -0.05) is 18.2 Å². The van der Waals surface area contributed by atoms with Gasteiger partial charge in [0.1, 0.15) is 11.8 Å². The number of halogens is 1. The summed E-state index contributed by atoms with van der Waals surface area (Å²) in [5.41, 5.74) is 6.08. The van der Waals surface area contributed by atoms with E-state index < -0.39 is 18.1 Å². The van der Waals surface area contributed by atoms with Crippen molar-refractivity contribution < 1.29 is 19.4 Å². The molecular formula is C11H15ClN2O4. The van der Waals surface area contributed by atoms with E-state index in [1.165, 1.54) is 13.1 Å². The lowest BCUT2D eigenvalue weighted by molar-refractivity contribution is -0.138. The van der Waals surface area contributed by atoms with Gasteiger partial charge in [-0.3, -0.25) is 0 Å². The Kier molecular flexibility index (Phi) is 6.77. The summed E-state index contributed by atoms with van der Waals surface area (Å²) in [4.78, 5) is 22.1. The van der Waals surface area contributed by atoms with Crippen molar-refractivity contribution in [2.75, 3.05) is 7.05 Å². The monoisotopic (exact) mass is 274 g/mol. The molecule has 0 aliphatic carbocycles. The highest BCUT2D eigenvalue weighted by atomic mass is 35.5. The number of phenols is 1. The Bertz CT molecular complexity index is 425. The third-order valence-electron chi connectivity index (χ3n) is 2.13. The molecule has 0 saturated heterocycles. The zero-order valence-corrected chi connectivity index (χ0v) is 10.6. The van der Waals surface area contributed by atoms with Crippen LogP contribution in [0.4, 0.5) is 4.79 Å². The molecule has 1 rings (SSSR count). The molecule has 100 valence electrons. The zero-order valence-electron chi connectivity index (χ0n) is 9.75. The van der Waals surface area contributed by atoms with Gasteiger partial charge in [0.25, 0.3) is 0 Å². The molecule has 0 bridgehead atoms. The van der Waals surface area contributed by atoms with E-state index in [0.717, 1.165) is 0 Å². The normalized spacial score (nSPS) is 11.0. The van der Waals surface area contributed by atoms with Crippen LogP contribution >= 0.6 is 12.4 Å². The maximum absolute atomic E-state index is 11.3. The maximum Gasteiger partial charge on any atom is 0.414 e. The molecule has 0 radical (unpaired) electrons. The quantitative estimate of drug-likeness (QED) is 0.552. The van der Waals surface area contributed by atoms with Gasteiger partial charge in [0, 0.05) is 13.5 Å². The number of para-hydroxylation sites is 1. The summed E-state index contributed by atoms with van der Waals surface area (Å²) in [5.74, 6) is -0.789. The summed E-state index contributed by atoms with van der Waals surface area (Å²) in [6.45, 7) is 0. The largest absolute Gasteiger partial charge is 0.508 e. The Morgan fingerprint density at radius 3 is 2.61 bits per heavy atom. The molecule has 1 aromatic carbocycles. The number of rotatable bonds is 3. The van der Waals surface area contributed by atoms with E-state index in [4.69, 9.17) is 5.73 Å². The number of carbonyl (C=O) groups is 2. The lowest BCUT2D eigenvalue weighted by Crippen LogP contribution is -2.37. The summed E-state index contributed by atoms with van der Waals surface area (Å²) < 4.78 is 4.38. The number of ether oxygens (including phenoxy) is 1. The predicted octanol–water partition coefficient (Wildman–Crippen LogP) is 0.566. The first kappa shape index (κ1) is 16.2. The number of phenolic OH excluding ortho intramolecular Hbond substituents is 1. The molecule has 0 aliphatic heterocycles. The fraction of sp³-hybridized carbons (Fsp3) is 0.273. The van der Waals surface area contributed by atoms with Crippen LogP contribution in [-0.2, 0) is 16.0 Å². The van der Waals surface area contributed by atoms with Crippen molar-refractivity contribution in [2.45, 2.75) is 12.5 Å². The highest BCUT2D eigenvalue weighted by Gasteiger charge is 2.19. The van der Waals surface area contributed by atoms with E-state index in [0.29, 0.717) is 5.56 Å². The molecule has 1 unspecified atom stereocenters. The Hall–Kier alpha value is -1.79. The highest BCUT2D eigenvalue weighted by molar-refractivity contribution is 5.87. The lowest BCUT2D eigenvalue weighted by atomic mass is 10.1. The molecule has 0 saturated carbocycles. The minimum atomic E-state index is -0.999. The maximum atomic E-state index is 11.3. The van der Waals surface area contributed by atoms with Crippen molar-refractivity contribution >= 4 is 24.5 Å². The average molecular weight is 275 g/mol. The van der Waals surface area contributed by atoms with Gasteiger partial charge < -0.3 is 20.9 Å². The SMILES string of the molecule is CNC(=O)OC(=O)C(N)Cc1ccccc1O.Cl. The van der Waals surface area contributed by atoms with Crippen LogP contribution in [0.1, 0.15) is 5.56 Å². The van der Waals surface area contributed by atoms with Crippen LogP contribution in [0.15, 0.2) is 24.3 Å². The summed E-state index contributed by atoms with van der Waals surface area (Å²) in [7, 11) is 1.34. The molecular weight excluding hydrogens is 260 g/mol. The van der Waals surface area contributed by atoms with Crippen molar-refractivity contribution in [3.63, 3.8) is 0 Å². The fourth-order valence-corrected chi connectivity index (χ4v) is 1.22. The van der Waals surface area contributed by atoms with Gasteiger partial charge in [-0.15, -0.1) is 12.4 Å². The van der Waals surface area contributed by atoms with Crippen LogP contribution in [0.2, 0.25) is 0 Å². The van der Waals surface area contributed by atoms with E-state index in [-0.39, 0.29) is 24.6 Å². The summed E-state index contributed by atoms with van der Waals surface area (Å²) in [6, 6.07) is 5.51. The van der Waals surface area contributed by atoms with Crippen molar-refractivity contribution in [1.29, 1.82) is 0 Å². The Morgan fingerprint density at radius 1 is 1.44 bits per heavy atom. The smallest absolute Gasteiger partial charge is 0.414 e. The molecule has 18 heavy (non-hydrogen) atoms. The molecule has 1 atom stereocenters. The number of amides is 1. The second-order valence-electron chi connectivity index (χ2n) is 3.40.